The highest BCUT2D eigenvalue weighted by Crippen LogP contribution is 2.26. The quantitative estimate of drug-likeness (QED) is 0.860. The van der Waals surface area contributed by atoms with Crippen LogP contribution in [-0.4, -0.2) is 23.3 Å². The Morgan fingerprint density at radius 2 is 2.00 bits per heavy atom. The summed E-state index contributed by atoms with van der Waals surface area (Å²) < 4.78 is 36.8. The molecular formula is C11H12F3NO2. The lowest BCUT2D eigenvalue weighted by atomic mass is 10.1. The average Bonchev–Trinajstić information content (AvgIpc) is 2.18. The van der Waals surface area contributed by atoms with Gasteiger partial charge in [0.15, 0.2) is 0 Å². The van der Waals surface area contributed by atoms with Crippen molar-refractivity contribution in [3.63, 3.8) is 0 Å². The van der Waals surface area contributed by atoms with E-state index in [1.807, 2.05) is 0 Å². The Kier molecular flexibility index (Phi) is 3.98. The third-order valence-electron chi connectivity index (χ3n) is 2.15. The zero-order chi connectivity index (χ0) is 13.1. The predicted octanol–water partition coefficient (Wildman–Crippen LogP) is 2.68. The molecule has 1 atom stereocenters. The normalized spacial score (nSPS) is 13.2. The minimum Gasteiger partial charge on any atom is -0.480 e. The molecule has 0 radical (unpaired) electrons. The van der Waals surface area contributed by atoms with E-state index < -0.39 is 24.6 Å². The van der Waals surface area contributed by atoms with Crippen LogP contribution < -0.4 is 5.32 Å². The van der Waals surface area contributed by atoms with Crippen molar-refractivity contribution in [3.8, 4) is 0 Å². The minimum atomic E-state index is -4.32. The molecule has 6 heteroatoms. The molecule has 1 aromatic carbocycles. The number of hydrogen-bond acceptors (Lipinski definition) is 2. The van der Waals surface area contributed by atoms with Gasteiger partial charge in [-0.05, 0) is 18.6 Å². The fraction of sp³-hybridized carbons (Fsp3) is 0.364. The fourth-order valence-corrected chi connectivity index (χ4v) is 1.33. The first kappa shape index (κ1) is 13.3. The molecule has 0 saturated heterocycles. The summed E-state index contributed by atoms with van der Waals surface area (Å²) in [5.41, 5.74) is 0.229. The summed E-state index contributed by atoms with van der Waals surface area (Å²) in [5.74, 6) is -1.12. The van der Waals surface area contributed by atoms with Gasteiger partial charge in [-0.25, -0.2) is 0 Å². The number of carboxylic acid groups (broad SMARTS) is 1. The molecule has 1 aromatic rings. The molecule has 0 aromatic heterocycles. The lowest BCUT2D eigenvalue weighted by Gasteiger charge is -2.16. The van der Waals surface area contributed by atoms with Gasteiger partial charge >= 0.3 is 12.1 Å². The molecule has 3 nitrogen and oxygen atoms in total. The van der Waals surface area contributed by atoms with Crippen molar-refractivity contribution in [3.05, 3.63) is 29.8 Å². The van der Waals surface area contributed by atoms with E-state index in [9.17, 15) is 18.0 Å². The maximum atomic E-state index is 12.3. The Bertz CT molecular complexity index is 404. The SMILES string of the molecule is C[C@@H](Nc1ccccc1CC(F)(F)F)C(=O)O. The van der Waals surface area contributed by atoms with Gasteiger partial charge in [-0.15, -0.1) is 0 Å². The first-order valence-electron chi connectivity index (χ1n) is 4.93. The second kappa shape index (κ2) is 5.07. The smallest absolute Gasteiger partial charge is 0.393 e. The molecule has 0 spiro atoms. The van der Waals surface area contributed by atoms with E-state index >= 15 is 0 Å². The summed E-state index contributed by atoms with van der Waals surface area (Å²) in [7, 11) is 0. The number of aliphatic carboxylic acids is 1. The molecule has 2 N–H and O–H groups in total. The summed E-state index contributed by atoms with van der Waals surface area (Å²) in [6.07, 6.45) is -5.40. The Labute approximate surface area is 96.3 Å². The Balaban J connectivity index is 2.88. The number of anilines is 1. The number of carbonyl (C=O) groups is 1. The number of halogens is 3. The summed E-state index contributed by atoms with van der Waals surface area (Å²) in [6.45, 7) is 1.37. The predicted molar refractivity (Wildman–Crippen MR) is 56.9 cm³/mol. The molecule has 0 heterocycles. The van der Waals surface area contributed by atoms with Crippen LogP contribution in [0.3, 0.4) is 0 Å². The fourth-order valence-electron chi connectivity index (χ4n) is 1.33. The van der Waals surface area contributed by atoms with Crippen LogP contribution in [0, 0.1) is 0 Å². The summed E-state index contributed by atoms with van der Waals surface area (Å²) >= 11 is 0. The van der Waals surface area contributed by atoms with E-state index in [-0.39, 0.29) is 11.3 Å². The standard InChI is InChI=1S/C11H12F3NO2/c1-7(10(16)17)15-9-5-3-2-4-8(9)6-11(12,13)14/h2-5,7,15H,6H2,1H3,(H,16,17)/t7-/m1/s1. The molecule has 0 amide bonds. The van der Waals surface area contributed by atoms with Crippen LogP contribution in [0.1, 0.15) is 12.5 Å². The van der Waals surface area contributed by atoms with Crippen molar-refractivity contribution < 1.29 is 23.1 Å². The first-order chi connectivity index (χ1) is 7.79. The first-order valence-corrected chi connectivity index (χ1v) is 4.93. The van der Waals surface area contributed by atoms with Crippen LogP contribution in [0.25, 0.3) is 0 Å². The van der Waals surface area contributed by atoms with Crippen molar-refractivity contribution >= 4 is 11.7 Å². The molecule has 1 rings (SSSR count). The maximum absolute atomic E-state index is 12.3. The van der Waals surface area contributed by atoms with Crippen LogP contribution in [0.2, 0.25) is 0 Å². The van der Waals surface area contributed by atoms with Crippen LogP contribution in [0.15, 0.2) is 24.3 Å². The molecule has 0 saturated carbocycles. The van der Waals surface area contributed by atoms with Gasteiger partial charge in [0.05, 0.1) is 6.42 Å². The van der Waals surface area contributed by atoms with Crippen LogP contribution in [0.5, 0.6) is 0 Å². The van der Waals surface area contributed by atoms with Crippen molar-refractivity contribution in [1.29, 1.82) is 0 Å². The van der Waals surface area contributed by atoms with Gasteiger partial charge in [0.2, 0.25) is 0 Å². The molecule has 0 aliphatic carbocycles. The zero-order valence-corrected chi connectivity index (χ0v) is 9.08. The van der Waals surface area contributed by atoms with Crippen LogP contribution >= 0.6 is 0 Å². The second-order valence-corrected chi connectivity index (χ2v) is 3.65. The highest BCUT2D eigenvalue weighted by molar-refractivity contribution is 5.77. The lowest BCUT2D eigenvalue weighted by Crippen LogP contribution is -2.26. The van der Waals surface area contributed by atoms with E-state index in [4.69, 9.17) is 5.11 Å². The largest absolute Gasteiger partial charge is 0.480 e. The average molecular weight is 247 g/mol. The van der Waals surface area contributed by atoms with Gasteiger partial charge < -0.3 is 10.4 Å². The van der Waals surface area contributed by atoms with Crippen molar-refractivity contribution in [2.24, 2.45) is 0 Å². The van der Waals surface area contributed by atoms with Gasteiger partial charge in [0.25, 0.3) is 0 Å². The van der Waals surface area contributed by atoms with Crippen LogP contribution in [-0.2, 0) is 11.2 Å². The summed E-state index contributed by atoms with van der Waals surface area (Å²) in [4.78, 5) is 10.6. The minimum absolute atomic E-state index is 0.0353. The summed E-state index contributed by atoms with van der Waals surface area (Å²) in [6, 6.07) is 4.85. The van der Waals surface area contributed by atoms with Gasteiger partial charge in [0.1, 0.15) is 6.04 Å². The summed E-state index contributed by atoms with van der Waals surface area (Å²) in [5, 5.41) is 11.2. The van der Waals surface area contributed by atoms with E-state index in [2.05, 4.69) is 5.32 Å². The van der Waals surface area contributed by atoms with Crippen LogP contribution in [0.4, 0.5) is 18.9 Å². The molecule has 0 fully saturated rings. The molecule has 0 aliphatic rings. The highest BCUT2D eigenvalue weighted by Gasteiger charge is 2.29. The Morgan fingerprint density at radius 1 is 1.41 bits per heavy atom. The molecule has 0 aliphatic heterocycles. The zero-order valence-electron chi connectivity index (χ0n) is 9.08. The van der Waals surface area contributed by atoms with Crippen molar-refractivity contribution in [2.45, 2.75) is 25.6 Å². The Hall–Kier alpha value is -1.72. The monoisotopic (exact) mass is 247 g/mol. The molecule has 94 valence electrons. The second-order valence-electron chi connectivity index (χ2n) is 3.65. The third kappa shape index (κ3) is 4.34. The van der Waals surface area contributed by atoms with E-state index in [0.717, 1.165) is 0 Å². The number of benzene rings is 1. The van der Waals surface area contributed by atoms with Gasteiger partial charge in [-0.2, -0.15) is 13.2 Å². The lowest BCUT2D eigenvalue weighted by molar-refractivity contribution is -0.137. The van der Waals surface area contributed by atoms with Gasteiger partial charge in [-0.1, -0.05) is 18.2 Å². The molecule has 0 unspecified atom stereocenters. The van der Waals surface area contributed by atoms with Crippen molar-refractivity contribution in [2.75, 3.05) is 5.32 Å². The topological polar surface area (TPSA) is 49.3 Å². The highest BCUT2D eigenvalue weighted by atomic mass is 19.4. The van der Waals surface area contributed by atoms with E-state index in [1.165, 1.54) is 25.1 Å². The third-order valence-corrected chi connectivity index (χ3v) is 2.15. The number of hydrogen-bond donors (Lipinski definition) is 2. The van der Waals surface area contributed by atoms with E-state index in [0.29, 0.717) is 0 Å². The molecular weight excluding hydrogens is 235 g/mol. The van der Waals surface area contributed by atoms with Gasteiger partial charge in [-0.3, -0.25) is 4.79 Å². The molecule has 0 bridgehead atoms. The number of nitrogens with one attached hydrogen (secondary N) is 1. The van der Waals surface area contributed by atoms with Crippen molar-refractivity contribution in [1.82, 2.24) is 0 Å². The number of carboxylic acids is 1. The number of rotatable bonds is 4. The molecule has 17 heavy (non-hydrogen) atoms. The van der Waals surface area contributed by atoms with E-state index in [1.54, 1.807) is 6.07 Å². The maximum Gasteiger partial charge on any atom is 0.393 e. The number of alkyl halides is 3. The Morgan fingerprint density at radius 3 is 2.53 bits per heavy atom. The number of para-hydroxylation sites is 1. The van der Waals surface area contributed by atoms with Gasteiger partial charge in [0, 0.05) is 5.69 Å².